The van der Waals surface area contributed by atoms with Crippen LogP contribution < -0.4 is 5.32 Å². The summed E-state index contributed by atoms with van der Waals surface area (Å²) in [5, 5.41) is 3.44. The Balaban J connectivity index is 2.38. The first-order chi connectivity index (χ1) is 10.1. The van der Waals surface area contributed by atoms with E-state index in [1.54, 1.807) is 19.9 Å². The molecule has 2 rings (SSSR count). The number of nitrogens with one attached hydrogen (secondary N) is 1. The zero-order valence-corrected chi connectivity index (χ0v) is 13.5. The average molecular weight is 307 g/mol. The van der Waals surface area contributed by atoms with E-state index in [1.807, 2.05) is 0 Å². The summed E-state index contributed by atoms with van der Waals surface area (Å²) < 4.78 is 5.16. The number of hydrogen-bond acceptors (Lipinski definition) is 4. The number of hydrogen-bond donors (Lipinski definition) is 1. The van der Waals surface area contributed by atoms with Crippen LogP contribution >= 0.6 is 11.3 Å². The Morgan fingerprint density at radius 2 is 2.24 bits per heavy atom. The fraction of sp³-hybridized carbons (Fsp3) is 0.500. The van der Waals surface area contributed by atoms with Crippen molar-refractivity contribution < 1.29 is 14.3 Å². The Bertz CT molecular complexity index is 574. The molecule has 1 aliphatic rings. The molecule has 0 saturated carbocycles. The van der Waals surface area contributed by atoms with E-state index in [-0.39, 0.29) is 11.9 Å². The van der Waals surface area contributed by atoms with Crippen molar-refractivity contribution in [2.75, 3.05) is 11.9 Å². The van der Waals surface area contributed by atoms with Crippen LogP contribution in [0.25, 0.3) is 0 Å². The van der Waals surface area contributed by atoms with Gasteiger partial charge in [0.1, 0.15) is 5.00 Å². The van der Waals surface area contributed by atoms with Crippen molar-refractivity contribution in [2.45, 2.75) is 40.0 Å². The van der Waals surface area contributed by atoms with Crippen molar-refractivity contribution in [3.05, 3.63) is 28.2 Å². The van der Waals surface area contributed by atoms with Crippen molar-refractivity contribution in [1.82, 2.24) is 0 Å². The van der Waals surface area contributed by atoms with Crippen LogP contribution in [0.2, 0.25) is 0 Å². The van der Waals surface area contributed by atoms with Crippen LogP contribution in [0.5, 0.6) is 0 Å². The molecule has 1 aromatic heterocycles. The zero-order valence-electron chi connectivity index (χ0n) is 12.7. The Morgan fingerprint density at radius 3 is 2.90 bits per heavy atom. The minimum atomic E-state index is -0.333. The first-order valence-corrected chi connectivity index (χ1v) is 8.13. The SMILES string of the molecule is C/C=C/C(=O)Nc1sc2c(c1C(=O)OCC)CCC(C)C2. The van der Waals surface area contributed by atoms with Gasteiger partial charge in [0.05, 0.1) is 12.2 Å². The number of fused-ring (bicyclic) bond motifs is 1. The topological polar surface area (TPSA) is 55.4 Å². The van der Waals surface area contributed by atoms with E-state index < -0.39 is 0 Å². The summed E-state index contributed by atoms with van der Waals surface area (Å²) in [5.74, 6) is 0.0697. The Labute approximate surface area is 129 Å². The number of allylic oxidation sites excluding steroid dienone is 1. The molecule has 114 valence electrons. The van der Waals surface area contributed by atoms with Crippen LogP contribution in [-0.4, -0.2) is 18.5 Å². The predicted octanol–water partition coefficient (Wildman–Crippen LogP) is 3.56. The third-order valence-electron chi connectivity index (χ3n) is 3.55. The normalized spacial score (nSPS) is 17.6. The maximum absolute atomic E-state index is 12.2. The van der Waals surface area contributed by atoms with Crippen molar-refractivity contribution in [3.63, 3.8) is 0 Å². The van der Waals surface area contributed by atoms with E-state index >= 15 is 0 Å². The lowest BCUT2D eigenvalue weighted by atomic mass is 9.88. The van der Waals surface area contributed by atoms with Crippen LogP contribution in [0.3, 0.4) is 0 Å². The fourth-order valence-electron chi connectivity index (χ4n) is 2.56. The number of carbonyl (C=O) groups is 2. The molecule has 0 fully saturated rings. The number of ether oxygens (including phenoxy) is 1. The van der Waals surface area contributed by atoms with E-state index in [9.17, 15) is 9.59 Å². The maximum Gasteiger partial charge on any atom is 0.341 e. The monoisotopic (exact) mass is 307 g/mol. The second-order valence-electron chi connectivity index (χ2n) is 5.27. The lowest BCUT2D eigenvalue weighted by Crippen LogP contribution is -2.15. The standard InChI is InChI=1S/C16H21NO3S/c1-4-6-13(18)17-15-14(16(19)20-5-2)11-8-7-10(3)9-12(11)21-15/h4,6,10H,5,7-9H2,1-3H3,(H,17,18)/b6-4+. The zero-order chi connectivity index (χ0) is 15.4. The Morgan fingerprint density at radius 1 is 1.48 bits per heavy atom. The number of carbonyl (C=O) groups excluding carboxylic acids is 2. The molecule has 1 aromatic rings. The van der Waals surface area contributed by atoms with Gasteiger partial charge in [-0.25, -0.2) is 4.79 Å². The van der Waals surface area contributed by atoms with Crippen LogP contribution in [0.15, 0.2) is 12.2 Å². The molecule has 4 nitrogen and oxygen atoms in total. The van der Waals surface area contributed by atoms with Crippen molar-refractivity contribution in [2.24, 2.45) is 5.92 Å². The highest BCUT2D eigenvalue weighted by atomic mass is 32.1. The highest BCUT2D eigenvalue weighted by Gasteiger charge is 2.28. The van der Waals surface area contributed by atoms with E-state index in [0.717, 1.165) is 24.8 Å². The molecular weight excluding hydrogens is 286 g/mol. The van der Waals surface area contributed by atoms with Gasteiger partial charge in [-0.3, -0.25) is 4.79 Å². The molecule has 0 aliphatic heterocycles. The number of rotatable bonds is 4. The predicted molar refractivity (Wildman–Crippen MR) is 84.9 cm³/mol. The van der Waals surface area contributed by atoms with Gasteiger partial charge < -0.3 is 10.1 Å². The van der Waals surface area contributed by atoms with E-state index in [2.05, 4.69) is 12.2 Å². The summed E-state index contributed by atoms with van der Waals surface area (Å²) in [7, 11) is 0. The van der Waals surface area contributed by atoms with Crippen molar-refractivity contribution in [3.8, 4) is 0 Å². The summed E-state index contributed by atoms with van der Waals surface area (Å²) in [6.07, 6.45) is 6.04. The minimum Gasteiger partial charge on any atom is -0.462 e. The maximum atomic E-state index is 12.2. The molecular formula is C16H21NO3S. The second-order valence-corrected chi connectivity index (χ2v) is 6.37. The molecule has 1 N–H and O–H groups in total. The van der Waals surface area contributed by atoms with Crippen LogP contribution in [0.4, 0.5) is 5.00 Å². The summed E-state index contributed by atoms with van der Waals surface area (Å²) in [5.41, 5.74) is 1.62. The third-order valence-corrected chi connectivity index (χ3v) is 4.72. The van der Waals surface area contributed by atoms with Gasteiger partial charge in [-0.05, 0) is 50.7 Å². The molecule has 21 heavy (non-hydrogen) atoms. The number of thiophene rings is 1. The molecule has 1 aliphatic carbocycles. The van der Waals surface area contributed by atoms with Gasteiger partial charge >= 0.3 is 5.97 Å². The lowest BCUT2D eigenvalue weighted by Gasteiger charge is -2.18. The van der Waals surface area contributed by atoms with Crippen molar-refractivity contribution >= 4 is 28.2 Å². The summed E-state index contributed by atoms with van der Waals surface area (Å²) in [6, 6.07) is 0. The highest BCUT2D eigenvalue weighted by Crippen LogP contribution is 2.40. The Kier molecular flexibility index (Phi) is 5.17. The van der Waals surface area contributed by atoms with Gasteiger partial charge in [0.2, 0.25) is 5.91 Å². The van der Waals surface area contributed by atoms with Crippen molar-refractivity contribution in [1.29, 1.82) is 0 Å². The van der Waals surface area contributed by atoms with Gasteiger partial charge in [0, 0.05) is 4.88 Å². The highest BCUT2D eigenvalue weighted by molar-refractivity contribution is 7.17. The van der Waals surface area contributed by atoms with Gasteiger partial charge in [-0.15, -0.1) is 11.3 Å². The number of anilines is 1. The van der Waals surface area contributed by atoms with Gasteiger partial charge in [0.15, 0.2) is 0 Å². The van der Waals surface area contributed by atoms with Crippen LogP contribution in [0, 0.1) is 5.92 Å². The fourth-order valence-corrected chi connectivity index (χ4v) is 3.96. The first-order valence-electron chi connectivity index (χ1n) is 7.32. The molecule has 0 radical (unpaired) electrons. The molecule has 1 unspecified atom stereocenters. The Hall–Kier alpha value is -1.62. The lowest BCUT2D eigenvalue weighted by molar-refractivity contribution is -0.111. The van der Waals surface area contributed by atoms with E-state index in [0.29, 0.717) is 23.1 Å². The molecule has 0 spiro atoms. The molecule has 1 heterocycles. The molecule has 0 bridgehead atoms. The first kappa shape index (κ1) is 15.8. The molecule has 1 amide bonds. The minimum absolute atomic E-state index is 0.213. The number of amides is 1. The molecule has 5 heteroatoms. The van der Waals surface area contributed by atoms with Crippen LogP contribution in [-0.2, 0) is 22.4 Å². The number of esters is 1. The molecule has 0 saturated heterocycles. The van der Waals surface area contributed by atoms with E-state index in [1.165, 1.54) is 22.3 Å². The summed E-state index contributed by atoms with van der Waals surface area (Å²) in [4.78, 5) is 25.2. The van der Waals surface area contributed by atoms with Gasteiger partial charge in [0.25, 0.3) is 0 Å². The smallest absolute Gasteiger partial charge is 0.341 e. The molecule has 0 aromatic carbocycles. The van der Waals surface area contributed by atoms with E-state index in [4.69, 9.17) is 4.74 Å². The largest absolute Gasteiger partial charge is 0.462 e. The molecule has 1 atom stereocenters. The average Bonchev–Trinajstić information content (AvgIpc) is 2.75. The second kappa shape index (κ2) is 6.89. The summed E-state index contributed by atoms with van der Waals surface area (Å²) in [6.45, 7) is 6.12. The van der Waals surface area contributed by atoms with Crippen LogP contribution in [0.1, 0.15) is 48.0 Å². The quantitative estimate of drug-likeness (QED) is 0.683. The van der Waals surface area contributed by atoms with Gasteiger partial charge in [-0.1, -0.05) is 13.0 Å². The van der Waals surface area contributed by atoms with Gasteiger partial charge in [-0.2, -0.15) is 0 Å². The summed E-state index contributed by atoms with van der Waals surface area (Å²) >= 11 is 1.51. The third kappa shape index (κ3) is 3.53.